The first-order valence-corrected chi connectivity index (χ1v) is 6.91. The Morgan fingerprint density at radius 2 is 2.05 bits per heavy atom. The highest BCUT2D eigenvalue weighted by atomic mass is 32.2. The lowest BCUT2D eigenvalue weighted by Gasteiger charge is -2.08. The van der Waals surface area contributed by atoms with E-state index in [0.29, 0.717) is 17.5 Å². The summed E-state index contributed by atoms with van der Waals surface area (Å²) < 4.78 is 5.45. The largest absolute Gasteiger partial charge is 0.481 e. The first-order chi connectivity index (χ1) is 9.56. The van der Waals surface area contributed by atoms with Crippen molar-refractivity contribution in [2.75, 3.05) is 0 Å². The number of para-hydroxylation sites is 2. The van der Waals surface area contributed by atoms with Crippen LogP contribution in [0.5, 0.6) is 0 Å². The maximum atomic E-state index is 11.2. The Bertz CT molecular complexity index is 591. The van der Waals surface area contributed by atoms with Crippen molar-refractivity contribution in [1.82, 2.24) is 4.98 Å². The molecular weight excluding hydrogens is 282 g/mol. The van der Waals surface area contributed by atoms with E-state index in [-0.39, 0.29) is 18.1 Å². The van der Waals surface area contributed by atoms with Crippen LogP contribution in [-0.4, -0.2) is 32.4 Å². The Labute approximate surface area is 118 Å². The molecule has 0 aliphatic heterocycles. The maximum absolute atomic E-state index is 11.2. The van der Waals surface area contributed by atoms with Crippen LogP contribution < -0.4 is 0 Å². The SMILES string of the molecule is O=C(O)CCCC(Sc1nc2ccccc2o1)C(=O)O. The number of carboxylic acids is 2. The molecule has 6 nitrogen and oxygen atoms in total. The fourth-order valence-corrected chi connectivity index (χ4v) is 2.61. The molecule has 0 radical (unpaired) electrons. The number of hydrogen-bond donors (Lipinski definition) is 2. The maximum Gasteiger partial charge on any atom is 0.317 e. The number of hydrogen-bond acceptors (Lipinski definition) is 5. The lowest BCUT2D eigenvalue weighted by molar-refractivity contribution is -0.139. The van der Waals surface area contributed by atoms with Crippen molar-refractivity contribution in [1.29, 1.82) is 0 Å². The van der Waals surface area contributed by atoms with Crippen LogP contribution in [0.4, 0.5) is 0 Å². The van der Waals surface area contributed by atoms with Crippen molar-refractivity contribution in [3.63, 3.8) is 0 Å². The van der Waals surface area contributed by atoms with Gasteiger partial charge in [-0.3, -0.25) is 9.59 Å². The summed E-state index contributed by atoms with van der Waals surface area (Å²) in [6.45, 7) is 0. The number of aliphatic carboxylic acids is 2. The second-order valence-corrected chi connectivity index (χ2v) is 5.33. The smallest absolute Gasteiger partial charge is 0.317 e. The van der Waals surface area contributed by atoms with Gasteiger partial charge in [-0.05, 0) is 25.0 Å². The molecule has 0 spiro atoms. The molecule has 0 amide bonds. The topological polar surface area (TPSA) is 101 Å². The minimum Gasteiger partial charge on any atom is -0.481 e. The molecule has 2 N–H and O–H groups in total. The van der Waals surface area contributed by atoms with Gasteiger partial charge in [0.1, 0.15) is 10.8 Å². The first-order valence-electron chi connectivity index (χ1n) is 6.03. The zero-order valence-electron chi connectivity index (χ0n) is 10.5. The summed E-state index contributed by atoms with van der Waals surface area (Å²) in [5, 5.41) is 17.2. The predicted octanol–water partition coefficient (Wildman–Crippen LogP) is 2.63. The molecule has 0 aliphatic rings. The fourth-order valence-electron chi connectivity index (χ4n) is 1.69. The van der Waals surface area contributed by atoms with Crippen LogP contribution in [0.25, 0.3) is 11.1 Å². The third kappa shape index (κ3) is 3.74. The summed E-state index contributed by atoms with van der Waals surface area (Å²) >= 11 is 1.00. The van der Waals surface area contributed by atoms with Crippen molar-refractivity contribution >= 4 is 34.8 Å². The normalized spacial score (nSPS) is 12.4. The third-order valence-corrected chi connectivity index (χ3v) is 3.75. The van der Waals surface area contributed by atoms with Crippen molar-refractivity contribution in [3.05, 3.63) is 24.3 Å². The highest BCUT2D eigenvalue weighted by Gasteiger charge is 2.22. The van der Waals surface area contributed by atoms with E-state index < -0.39 is 17.2 Å². The van der Waals surface area contributed by atoms with Crippen molar-refractivity contribution in [3.8, 4) is 0 Å². The molecule has 0 aliphatic carbocycles. The Morgan fingerprint density at radius 3 is 2.70 bits per heavy atom. The Balaban J connectivity index is 2.03. The summed E-state index contributed by atoms with van der Waals surface area (Å²) in [4.78, 5) is 25.8. The Hall–Kier alpha value is -2.02. The lowest BCUT2D eigenvalue weighted by Crippen LogP contribution is -2.16. The molecule has 7 heteroatoms. The minimum atomic E-state index is -0.998. The zero-order chi connectivity index (χ0) is 14.5. The molecule has 20 heavy (non-hydrogen) atoms. The summed E-state index contributed by atoms with van der Waals surface area (Å²) in [6.07, 6.45) is 0.516. The van der Waals surface area contributed by atoms with Crippen LogP contribution >= 0.6 is 11.8 Å². The number of aromatic nitrogens is 1. The van der Waals surface area contributed by atoms with Gasteiger partial charge >= 0.3 is 11.9 Å². The Kier molecular flexibility index (Phi) is 4.62. The average molecular weight is 295 g/mol. The highest BCUT2D eigenvalue weighted by molar-refractivity contribution is 8.00. The van der Waals surface area contributed by atoms with Gasteiger partial charge in [-0.1, -0.05) is 23.9 Å². The van der Waals surface area contributed by atoms with Crippen LogP contribution in [-0.2, 0) is 9.59 Å². The van der Waals surface area contributed by atoms with Gasteiger partial charge in [0.05, 0.1) is 0 Å². The quantitative estimate of drug-likeness (QED) is 0.757. The van der Waals surface area contributed by atoms with Crippen LogP contribution in [0.1, 0.15) is 19.3 Å². The van der Waals surface area contributed by atoms with Gasteiger partial charge in [0.2, 0.25) is 0 Å². The van der Waals surface area contributed by atoms with E-state index in [1.807, 2.05) is 12.1 Å². The molecule has 2 rings (SSSR count). The number of carbonyl (C=O) groups is 2. The fraction of sp³-hybridized carbons (Fsp3) is 0.308. The molecule has 1 atom stereocenters. The molecule has 0 fully saturated rings. The van der Waals surface area contributed by atoms with Crippen LogP contribution in [0.15, 0.2) is 33.9 Å². The van der Waals surface area contributed by atoms with E-state index in [4.69, 9.17) is 14.6 Å². The second-order valence-electron chi connectivity index (χ2n) is 4.18. The summed E-state index contributed by atoms with van der Waals surface area (Å²) in [5.41, 5.74) is 1.27. The number of nitrogens with zero attached hydrogens (tertiary/aromatic N) is 1. The van der Waals surface area contributed by atoms with Gasteiger partial charge in [-0.2, -0.15) is 0 Å². The van der Waals surface area contributed by atoms with E-state index in [2.05, 4.69) is 4.98 Å². The van der Waals surface area contributed by atoms with Gasteiger partial charge in [-0.25, -0.2) is 4.98 Å². The van der Waals surface area contributed by atoms with Crippen LogP contribution in [0, 0.1) is 0 Å². The molecule has 106 valence electrons. The molecule has 1 aromatic carbocycles. The van der Waals surface area contributed by atoms with Gasteiger partial charge in [0.25, 0.3) is 5.22 Å². The standard InChI is InChI=1S/C13H13NO5S/c15-11(16)7-3-6-10(12(17)18)20-13-14-8-4-1-2-5-9(8)19-13/h1-2,4-5,10H,3,6-7H2,(H,15,16)(H,17,18). The van der Waals surface area contributed by atoms with Crippen LogP contribution in [0.3, 0.4) is 0 Å². The van der Waals surface area contributed by atoms with Gasteiger partial charge in [0, 0.05) is 6.42 Å². The number of oxazole rings is 1. The lowest BCUT2D eigenvalue weighted by atomic mass is 10.2. The van der Waals surface area contributed by atoms with Gasteiger partial charge in [-0.15, -0.1) is 0 Å². The highest BCUT2D eigenvalue weighted by Crippen LogP contribution is 2.29. The van der Waals surface area contributed by atoms with E-state index in [0.717, 1.165) is 11.8 Å². The van der Waals surface area contributed by atoms with E-state index in [1.165, 1.54) is 0 Å². The zero-order valence-corrected chi connectivity index (χ0v) is 11.3. The number of rotatable bonds is 7. The van der Waals surface area contributed by atoms with Crippen molar-refractivity contribution in [2.45, 2.75) is 29.7 Å². The summed E-state index contributed by atoms with van der Waals surface area (Å²) in [6, 6.07) is 7.17. The number of thioether (sulfide) groups is 1. The van der Waals surface area contributed by atoms with Crippen molar-refractivity contribution in [2.24, 2.45) is 0 Å². The molecule has 0 saturated heterocycles. The van der Waals surface area contributed by atoms with Gasteiger partial charge < -0.3 is 14.6 Å². The molecule has 0 saturated carbocycles. The molecule has 1 aromatic heterocycles. The molecular formula is C13H13NO5S. The Morgan fingerprint density at radius 1 is 1.30 bits per heavy atom. The van der Waals surface area contributed by atoms with E-state index >= 15 is 0 Å². The molecule has 1 heterocycles. The van der Waals surface area contributed by atoms with Crippen molar-refractivity contribution < 1.29 is 24.2 Å². The van der Waals surface area contributed by atoms with E-state index in [1.54, 1.807) is 12.1 Å². The average Bonchev–Trinajstić information content (AvgIpc) is 2.79. The second kappa shape index (κ2) is 6.42. The van der Waals surface area contributed by atoms with Gasteiger partial charge in [0.15, 0.2) is 5.58 Å². The monoisotopic (exact) mass is 295 g/mol. The summed E-state index contributed by atoms with van der Waals surface area (Å²) in [5.74, 6) is -1.93. The molecule has 1 unspecified atom stereocenters. The third-order valence-electron chi connectivity index (χ3n) is 2.65. The summed E-state index contributed by atoms with van der Waals surface area (Å²) in [7, 11) is 0. The molecule has 0 bridgehead atoms. The predicted molar refractivity (Wildman–Crippen MR) is 72.8 cm³/mol. The number of benzene rings is 1. The minimum absolute atomic E-state index is 0.0438. The number of carboxylic acid groups (broad SMARTS) is 2. The molecule has 2 aromatic rings. The number of fused-ring (bicyclic) bond motifs is 1. The van der Waals surface area contributed by atoms with Crippen LogP contribution in [0.2, 0.25) is 0 Å². The van der Waals surface area contributed by atoms with E-state index in [9.17, 15) is 9.59 Å². The first kappa shape index (κ1) is 14.4.